The van der Waals surface area contributed by atoms with Crippen LogP contribution in [0.25, 0.3) is 0 Å². The number of ether oxygens (including phenoxy) is 2. The number of aromatic hydroxyl groups is 1. The van der Waals surface area contributed by atoms with Crippen LogP contribution in [-0.4, -0.2) is 85.6 Å². The first-order valence-electron chi connectivity index (χ1n) is 13.3. The molecule has 3 aliphatic carbocycles. The zero-order chi connectivity index (χ0) is 27.9. The molecule has 10 heteroatoms. The fourth-order valence-electron chi connectivity index (χ4n) is 8.42. The monoisotopic (exact) mass is 534 g/mol. The molecule has 4 aliphatic rings. The van der Waals surface area contributed by atoms with E-state index in [2.05, 4.69) is 6.92 Å². The number of phenolic OH excluding ortho intramolecular Hbond substituents is 1. The lowest BCUT2D eigenvalue weighted by Crippen LogP contribution is -2.61. The Labute approximate surface area is 221 Å². The van der Waals surface area contributed by atoms with Crippen molar-refractivity contribution < 1.29 is 49.7 Å². The molecule has 1 saturated heterocycles. The van der Waals surface area contributed by atoms with Crippen molar-refractivity contribution in [3.8, 4) is 11.5 Å². The minimum absolute atomic E-state index is 0.0479. The van der Waals surface area contributed by atoms with Crippen molar-refractivity contribution in [1.82, 2.24) is 0 Å². The van der Waals surface area contributed by atoms with Crippen LogP contribution < -0.4 is 4.74 Å². The number of ketones is 2. The fourth-order valence-corrected chi connectivity index (χ4v) is 8.42. The van der Waals surface area contributed by atoms with Crippen LogP contribution in [0, 0.1) is 22.7 Å². The normalized spacial score (nSPS) is 46.2. The minimum Gasteiger partial charge on any atom is -0.504 e. The van der Waals surface area contributed by atoms with Gasteiger partial charge in [0, 0.05) is 12.3 Å². The quantitative estimate of drug-likeness (QED) is 0.316. The molecule has 1 aromatic rings. The number of carbonyl (C=O) groups is 2. The zero-order valence-electron chi connectivity index (χ0n) is 22.1. The maximum Gasteiger partial charge on any atom is 0.229 e. The average Bonchev–Trinajstić information content (AvgIpc) is 3.04. The van der Waals surface area contributed by atoms with Gasteiger partial charge in [-0.1, -0.05) is 13.8 Å². The number of fused-ring (bicyclic) bond motifs is 5. The summed E-state index contributed by atoms with van der Waals surface area (Å²) in [5, 5.41) is 61.8. The van der Waals surface area contributed by atoms with Crippen molar-refractivity contribution in [3.05, 3.63) is 23.3 Å². The molecular formula is C28H38O10. The van der Waals surface area contributed by atoms with Crippen LogP contribution in [0.15, 0.2) is 12.1 Å². The lowest BCUT2D eigenvalue weighted by atomic mass is 9.42. The van der Waals surface area contributed by atoms with Crippen molar-refractivity contribution >= 4 is 11.6 Å². The molecular weight excluding hydrogens is 496 g/mol. The van der Waals surface area contributed by atoms with Gasteiger partial charge in [-0.2, -0.15) is 0 Å². The third-order valence-electron chi connectivity index (χ3n) is 10.6. The van der Waals surface area contributed by atoms with Crippen LogP contribution in [0.5, 0.6) is 11.5 Å². The highest BCUT2D eigenvalue weighted by Gasteiger charge is 2.71. The summed E-state index contributed by atoms with van der Waals surface area (Å²) in [4.78, 5) is 26.6. The lowest BCUT2D eigenvalue weighted by Gasteiger charge is -2.60. The Morgan fingerprint density at radius 3 is 2.39 bits per heavy atom. The van der Waals surface area contributed by atoms with E-state index < -0.39 is 65.6 Å². The van der Waals surface area contributed by atoms with Gasteiger partial charge in [0.25, 0.3) is 0 Å². The van der Waals surface area contributed by atoms with Gasteiger partial charge in [0.2, 0.25) is 6.29 Å². The Morgan fingerprint density at radius 1 is 1.08 bits per heavy atom. The molecule has 2 saturated carbocycles. The Kier molecular flexibility index (Phi) is 6.49. The maximum atomic E-state index is 14.0. The molecule has 5 unspecified atom stereocenters. The highest BCUT2D eigenvalue weighted by Crippen LogP contribution is 2.70. The number of Topliss-reactive ketones (excluding diaryl/α,β-unsaturated/α-hetero) is 2. The van der Waals surface area contributed by atoms with E-state index in [1.54, 1.807) is 6.07 Å². The second-order valence-corrected chi connectivity index (χ2v) is 12.4. The molecule has 0 bridgehead atoms. The third-order valence-corrected chi connectivity index (χ3v) is 10.6. The SMILES string of the molecule is CC(=O)[C@H]1[C@H](O)C[C@@]2(C)[C@@H]3CCc4cc(O)c(OC5OC(CO)C(O)C(O)C5O)cc4[C@]3(C)C(=O)C[C@]12C. The van der Waals surface area contributed by atoms with E-state index in [0.717, 1.165) is 5.56 Å². The van der Waals surface area contributed by atoms with Crippen LogP contribution in [0.4, 0.5) is 0 Å². The minimum atomic E-state index is -1.66. The van der Waals surface area contributed by atoms with E-state index >= 15 is 0 Å². The van der Waals surface area contributed by atoms with Crippen molar-refractivity contribution in [1.29, 1.82) is 0 Å². The Bertz CT molecular complexity index is 1150. The van der Waals surface area contributed by atoms with E-state index in [0.29, 0.717) is 24.8 Å². The van der Waals surface area contributed by atoms with Gasteiger partial charge in [-0.15, -0.1) is 0 Å². The molecule has 5 rings (SSSR count). The van der Waals surface area contributed by atoms with Gasteiger partial charge in [-0.05, 0) is 73.1 Å². The van der Waals surface area contributed by atoms with Crippen LogP contribution in [0.1, 0.15) is 58.1 Å². The maximum absolute atomic E-state index is 14.0. The number of rotatable bonds is 4. The van der Waals surface area contributed by atoms with Gasteiger partial charge in [0.1, 0.15) is 36.0 Å². The molecule has 1 aromatic carbocycles. The van der Waals surface area contributed by atoms with E-state index in [1.165, 1.54) is 13.0 Å². The molecule has 6 N–H and O–H groups in total. The van der Waals surface area contributed by atoms with Crippen LogP contribution >= 0.6 is 0 Å². The summed E-state index contributed by atoms with van der Waals surface area (Å²) in [5.41, 5.74) is -0.720. The molecule has 0 spiro atoms. The molecule has 1 aliphatic heterocycles. The number of hydrogen-bond donors (Lipinski definition) is 6. The number of carbonyl (C=O) groups excluding carboxylic acids is 2. The number of benzene rings is 1. The summed E-state index contributed by atoms with van der Waals surface area (Å²) in [7, 11) is 0. The fraction of sp³-hybridized carbons (Fsp3) is 0.714. The van der Waals surface area contributed by atoms with Crippen molar-refractivity contribution in [2.24, 2.45) is 22.7 Å². The summed E-state index contributed by atoms with van der Waals surface area (Å²) in [5.74, 6) is -1.28. The molecule has 38 heavy (non-hydrogen) atoms. The number of aliphatic hydroxyl groups is 5. The first-order chi connectivity index (χ1) is 17.7. The van der Waals surface area contributed by atoms with E-state index in [-0.39, 0.29) is 35.4 Å². The van der Waals surface area contributed by atoms with Gasteiger partial charge in [0.05, 0.1) is 18.1 Å². The van der Waals surface area contributed by atoms with Gasteiger partial charge in [0.15, 0.2) is 11.5 Å². The Balaban J connectivity index is 1.54. The van der Waals surface area contributed by atoms with E-state index in [4.69, 9.17) is 9.47 Å². The number of aliphatic hydroxyl groups excluding tert-OH is 5. The molecule has 3 fully saturated rings. The highest BCUT2D eigenvalue weighted by atomic mass is 16.7. The standard InChI is InChI=1S/C28H38O10/c1-12(30)21-16(32)9-26(2)19-6-5-13-7-15(31)17(8-14(13)28(19,4)20(33)10-27(21,26)3)37-25-24(36)23(35)22(34)18(11-29)38-25/h7-8,16,18-19,21-25,29,31-32,34-36H,5-6,9-11H2,1-4H3/t16-,18?,19+,21+,22?,23?,24?,25?,26+,27-,28+/m1/s1. The lowest BCUT2D eigenvalue weighted by molar-refractivity contribution is -0.277. The zero-order valence-corrected chi connectivity index (χ0v) is 22.1. The molecule has 11 atom stereocenters. The molecule has 210 valence electrons. The van der Waals surface area contributed by atoms with Crippen molar-refractivity contribution in [3.63, 3.8) is 0 Å². The summed E-state index contributed by atoms with van der Waals surface area (Å²) in [6.45, 7) is 6.76. The first-order valence-corrected chi connectivity index (χ1v) is 13.3. The topological polar surface area (TPSA) is 174 Å². The third kappa shape index (κ3) is 3.54. The average molecular weight is 535 g/mol. The second kappa shape index (κ2) is 8.97. The summed E-state index contributed by atoms with van der Waals surface area (Å²) in [6, 6.07) is 3.09. The molecule has 0 radical (unpaired) electrons. The first kappa shape index (κ1) is 27.5. The van der Waals surface area contributed by atoms with Crippen molar-refractivity contribution in [2.45, 2.75) is 95.6 Å². The number of aryl methyl sites for hydroxylation is 1. The largest absolute Gasteiger partial charge is 0.504 e. The molecule has 0 amide bonds. The summed E-state index contributed by atoms with van der Waals surface area (Å²) < 4.78 is 11.2. The second-order valence-electron chi connectivity index (χ2n) is 12.4. The van der Waals surface area contributed by atoms with Crippen LogP contribution in [0.2, 0.25) is 0 Å². The predicted octanol–water partition coefficient (Wildman–Crippen LogP) is 0.346. The Hall–Kier alpha value is -2.08. The molecule has 0 aromatic heterocycles. The van der Waals surface area contributed by atoms with Crippen LogP contribution in [0.3, 0.4) is 0 Å². The smallest absolute Gasteiger partial charge is 0.229 e. The summed E-state index contributed by atoms with van der Waals surface area (Å²) >= 11 is 0. The molecule has 1 heterocycles. The number of phenols is 1. The van der Waals surface area contributed by atoms with Gasteiger partial charge in [-0.25, -0.2) is 0 Å². The summed E-state index contributed by atoms with van der Waals surface area (Å²) in [6.07, 6.45) is -6.62. The van der Waals surface area contributed by atoms with Crippen LogP contribution in [-0.2, 0) is 26.2 Å². The van der Waals surface area contributed by atoms with E-state index in [1.807, 2.05) is 13.8 Å². The van der Waals surface area contributed by atoms with Crippen molar-refractivity contribution in [2.75, 3.05) is 6.61 Å². The van der Waals surface area contributed by atoms with Gasteiger partial charge < -0.3 is 40.1 Å². The Morgan fingerprint density at radius 2 is 1.76 bits per heavy atom. The van der Waals surface area contributed by atoms with E-state index in [9.17, 15) is 40.2 Å². The predicted molar refractivity (Wildman–Crippen MR) is 132 cm³/mol. The number of hydrogen-bond acceptors (Lipinski definition) is 10. The van der Waals surface area contributed by atoms with Gasteiger partial charge >= 0.3 is 0 Å². The van der Waals surface area contributed by atoms with Gasteiger partial charge in [-0.3, -0.25) is 9.59 Å². The highest BCUT2D eigenvalue weighted by molar-refractivity contribution is 5.94. The molecule has 10 nitrogen and oxygen atoms in total.